The highest BCUT2D eigenvalue weighted by molar-refractivity contribution is 6.00. The zero-order valence-electron chi connectivity index (χ0n) is 25.6. The van der Waals surface area contributed by atoms with E-state index >= 15 is 0 Å². The first kappa shape index (κ1) is 31.5. The minimum absolute atomic E-state index is 0.0588. The van der Waals surface area contributed by atoms with E-state index in [1.54, 1.807) is 18.5 Å². The Labute approximate surface area is 252 Å². The molecule has 0 unspecified atom stereocenters. The SMILES string of the molecule is CCOc1ccc(-c2nn(-c3ccccc3)cc2C2C(C(=O)OCCOC)=C(C)NC(C)=C2C(=O)OCCOC)c(C)c1. The molecule has 0 saturated carbocycles. The Bertz CT molecular complexity index is 1460. The van der Waals surface area contributed by atoms with Crippen molar-refractivity contribution in [3.05, 3.63) is 88.4 Å². The number of carbonyl (C=O) groups excluding carboxylic acids is 2. The van der Waals surface area contributed by atoms with E-state index < -0.39 is 17.9 Å². The normalized spacial score (nSPS) is 13.6. The molecule has 0 radical (unpaired) electrons. The molecule has 10 heteroatoms. The number of nitrogens with one attached hydrogen (secondary N) is 1. The smallest absolute Gasteiger partial charge is 0.336 e. The number of aromatic nitrogens is 2. The predicted molar refractivity (Wildman–Crippen MR) is 162 cm³/mol. The maximum absolute atomic E-state index is 13.7. The van der Waals surface area contributed by atoms with E-state index in [0.717, 1.165) is 22.6 Å². The number of dihydropyridines is 1. The van der Waals surface area contributed by atoms with Crippen molar-refractivity contribution in [3.8, 4) is 22.7 Å². The number of allylic oxidation sites excluding steroid dienone is 2. The van der Waals surface area contributed by atoms with E-state index in [4.69, 9.17) is 28.8 Å². The molecule has 0 amide bonds. The highest BCUT2D eigenvalue weighted by Gasteiger charge is 2.40. The zero-order valence-corrected chi connectivity index (χ0v) is 25.6. The number of hydrogen-bond donors (Lipinski definition) is 1. The van der Waals surface area contributed by atoms with Crippen LogP contribution in [-0.2, 0) is 28.5 Å². The summed E-state index contributed by atoms with van der Waals surface area (Å²) in [6.07, 6.45) is 1.86. The molecular formula is C33H39N3O7. The maximum Gasteiger partial charge on any atom is 0.336 e. The highest BCUT2D eigenvalue weighted by Crippen LogP contribution is 2.44. The van der Waals surface area contributed by atoms with Gasteiger partial charge < -0.3 is 29.0 Å². The van der Waals surface area contributed by atoms with Crippen LogP contribution in [0.1, 0.15) is 37.8 Å². The first-order valence-corrected chi connectivity index (χ1v) is 14.2. The van der Waals surface area contributed by atoms with Gasteiger partial charge in [-0.05, 0) is 63.6 Å². The molecule has 1 aliphatic rings. The lowest BCUT2D eigenvalue weighted by Gasteiger charge is -2.30. The van der Waals surface area contributed by atoms with E-state index in [1.807, 2.05) is 68.6 Å². The van der Waals surface area contributed by atoms with Crippen LogP contribution in [0.25, 0.3) is 16.9 Å². The van der Waals surface area contributed by atoms with Crippen molar-refractivity contribution >= 4 is 11.9 Å². The minimum Gasteiger partial charge on any atom is -0.494 e. The number of benzene rings is 2. The van der Waals surface area contributed by atoms with Crippen LogP contribution in [0.3, 0.4) is 0 Å². The number of carbonyl (C=O) groups is 2. The predicted octanol–water partition coefficient (Wildman–Crippen LogP) is 4.86. The van der Waals surface area contributed by atoms with Crippen LogP contribution in [0.2, 0.25) is 0 Å². The van der Waals surface area contributed by atoms with Gasteiger partial charge in [0.1, 0.15) is 19.0 Å². The molecule has 0 fully saturated rings. The quantitative estimate of drug-likeness (QED) is 0.221. The van der Waals surface area contributed by atoms with Crippen molar-refractivity contribution in [3.63, 3.8) is 0 Å². The minimum atomic E-state index is -0.843. The molecule has 0 bridgehead atoms. The molecule has 1 aliphatic heterocycles. The fourth-order valence-electron chi connectivity index (χ4n) is 5.12. The van der Waals surface area contributed by atoms with Crippen LogP contribution < -0.4 is 10.1 Å². The Morgan fingerprint density at radius 1 is 0.860 bits per heavy atom. The van der Waals surface area contributed by atoms with Gasteiger partial charge in [0.25, 0.3) is 0 Å². The molecule has 10 nitrogen and oxygen atoms in total. The first-order chi connectivity index (χ1) is 20.8. The monoisotopic (exact) mass is 589 g/mol. The molecular weight excluding hydrogens is 550 g/mol. The third-order valence-corrected chi connectivity index (χ3v) is 7.08. The molecule has 43 heavy (non-hydrogen) atoms. The molecule has 0 spiro atoms. The average Bonchev–Trinajstić information content (AvgIpc) is 3.42. The lowest BCUT2D eigenvalue weighted by atomic mass is 9.79. The fourth-order valence-corrected chi connectivity index (χ4v) is 5.12. The number of rotatable bonds is 13. The third-order valence-electron chi connectivity index (χ3n) is 7.08. The summed E-state index contributed by atoms with van der Waals surface area (Å²) in [6, 6.07) is 15.5. The van der Waals surface area contributed by atoms with E-state index in [1.165, 1.54) is 14.2 Å². The second-order valence-electron chi connectivity index (χ2n) is 10.0. The number of hydrogen-bond acceptors (Lipinski definition) is 9. The van der Waals surface area contributed by atoms with Crippen LogP contribution in [0.15, 0.2) is 77.3 Å². The molecule has 228 valence electrons. The van der Waals surface area contributed by atoms with Gasteiger partial charge in [0.05, 0.1) is 48.3 Å². The van der Waals surface area contributed by atoms with Crippen molar-refractivity contribution in [1.29, 1.82) is 0 Å². The second kappa shape index (κ2) is 14.7. The zero-order chi connectivity index (χ0) is 30.9. The van der Waals surface area contributed by atoms with Gasteiger partial charge in [-0.3, -0.25) is 0 Å². The number of para-hydroxylation sites is 1. The number of aryl methyl sites for hydroxylation is 1. The number of methoxy groups -OCH3 is 2. The summed E-state index contributed by atoms with van der Waals surface area (Å²) in [5.74, 6) is -1.23. The molecule has 0 aliphatic carbocycles. The maximum atomic E-state index is 13.7. The van der Waals surface area contributed by atoms with Crippen LogP contribution in [0, 0.1) is 6.92 Å². The number of esters is 2. The van der Waals surface area contributed by atoms with Crippen molar-refractivity contribution in [2.45, 2.75) is 33.6 Å². The summed E-state index contributed by atoms with van der Waals surface area (Å²) in [5, 5.41) is 8.22. The molecule has 0 atom stereocenters. The van der Waals surface area contributed by atoms with Gasteiger partial charge in [-0.15, -0.1) is 0 Å². The van der Waals surface area contributed by atoms with Gasteiger partial charge in [0.2, 0.25) is 0 Å². The summed E-state index contributed by atoms with van der Waals surface area (Å²) in [4.78, 5) is 27.4. The van der Waals surface area contributed by atoms with Crippen LogP contribution >= 0.6 is 0 Å². The Morgan fingerprint density at radius 3 is 2.00 bits per heavy atom. The van der Waals surface area contributed by atoms with Crippen LogP contribution in [0.5, 0.6) is 5.75 Å². The lowest BCUT2D eigenvalue weighted by Crippen LogP contribution is -2.33. The van der Waals surface area contributed by atoms with Gasteiger partial charge in [0, 0.05) is 42.9 Å². The summed E-state index contributed by atoms with van der Waals surface area (Å²) < 4.78 is 28.9. The van der Waals surface area contributed by atoms with Gasteiger partial charge in [-0.2, -0.15) is 5.10 Å². The summed E-state index contributed by atoms with van der Waals surface area (Å²) in [5.41, 5.74) is 5.56. The fraction of sp³-hybridized carbons (Fsp3) is 0.364. The highest BCUT2D eigenvalue weighted by atomic mass is 16.6. The van der Waals surface area contributed by atoms with Gasteiger partial charge in [0.15, 0.2) is 0 Å². The number of nitrogens with zero attached hydrogens (tertiary/aromatic N) is 2. The van der Waals surface area contributed by atoms with Crippen molar-refractivity contribution in [1.82, 2.24) is 15.1 Å². The van der Waals surface area contributed by atoms with Crippen molar-refractivity contribution < 1.29 is 33.3 Å². The topological polar surface area (TPSA) is 110 Å². The largest absolute Gasteiger partial charge is 0.494 e. The van der Waals surface area contributed by atoms with Crippen LogP contribution in [0.4, 0.5) is 0 Å². The standard InChI is InChI=1S/C33H39N3O7/c1-7-41-25-13-14-26(21(2)19-25)31-27(20-36(35-31)24-11-9-8-10-12-24)30-28(32(37)42-17-15-39-5)22(3)34-23(4)29(30)33(38)43-18-16-40-6/h8-14,19-20,30,34H,7,15-18H2,1-6H3. The Morgan fingerprint density at radius 2 is 1.47 bits per heavy atom. The van der Waals surface area contributed by atoms with Crippen LogP contribution in [-0.4, -0.2) is 69.0 Å². The van der Waals surface area contributed by atoms with E-state index in [2.05, 4.69) is 5.32 Å². The van der Waals surface area contributed by atoms with Gasteiger partial charge >= 0.3 is 11.9 Å². The Hall–Kier alpha value is -4.41. The number of ether oxygens (including phenoxy) is 5. The average molecular weight is 590 g/mol. The Kier molecular flexibility index (Phi) is 10.7. The van der Waals surface area contributed by atoms with Crippen molar-refractivity contribution in [2.75, 3.05) is 47.3 Å². The van der Waals surface area contributed by atoms with E-state index in [-0.39, 0.29) is 37.6 Å². The Balaban J connectivity index is 1.95. The lowest BCUT2D eigenvalue weighted by molar-refractivity contribution is -0.141. The molecule has 0 saturated heterocycles. The van der Waals surface area contributed by atoms with Crippen molar-refractivity contribution in [2.24, 2.45) is 0 Å². The molecule has 3 aromatic rings. The molecule has 4 rings (SSSR count). The van der Waals surface area contributed by atoms with E-state index in [0.29, 0.717) is 29.3 Å². The molecule has 2 heterocycles. The van der Waals surface area contributed by atoms with Gasteiger partial charge in [-0.1, -0.05) is 18.2 Å². The molecule has 1 N–H and O–H groups in total. The first-order valence-electron chi connectivity index (χ1n) is 14.2. The molecule has 2 aromatic carbocycles. The van der Waals surface area contributed by atoms with Gasteiger partial charge in [-0.25, -0.2) is 14.3 Å². The van der Waals surface area contributed by atoms with E-state index in [9.17, 15) is 9.59 Å². The summed E-state index contributed by atoms with van der Waals surface area (Å²) >= 11 is 0. The summed E-state index contributed by atoms with van der Waals surface area (Å²) in [6.45, 7) is 8.63. The third kappa shape index (κ3) is 7.15. The second-order valence-corrected chi connectivity index (χ2v) is 10.0. The molecule has 1 aromatic heterocycles. The summed E-state index contributed by atoms with van der Waals surface area (Å²) in [7, 11) is 3.07.